The van der Waals surface area contributed by atoms with Crippen LogP contribution in [0, 0.1) is 5.92 Å². The van der Waals surface area contributed by atoms with E-state index >= 15 is 0 Å². The van der Waals surface area contributed by atoms with Gasteiger partial charge in [0.1, 0.15) is 11.7 Å². The fourth-order valence-electron chi connectivity index (χ4n) is 2.67. The Hall–Kier alpha value is -3.07. The second-order valence-corrected chi connectivity index (χ2v) is 8.02. The van der Waals surface area contributed by atoms with Crippen LogP contribution in [0.5, 0.6) is 5.75 Å². The molecular formula is C18H19N3O5S. The van der Waals surface area contributed by atoms with Crippen LogP contribution in [0.3, 0.4) is 0 Å². The lowest BCUT2D eigenvalue weighted by Crippen LogP contribution is -2.28. The monoisotopic (exact) mass is 389 g/mol. The zero-order chi connectivity index (χ0) is 19.8. The average Bonchev–Trinajstić information content (AvgIpc) is 2.77. The minimum Gasteiger partial charge on any atom is -0.495 e. The summed E-state index contributed by atoms with van der Waals surface area (Å²) in [5.41, 5.74) is 0.949. The van der Waals surface area contributed by atoms with Gasteiger partial charge in [-0.25, -0.2) is 8.42 Å². The van der Waals surface area contributed by atoms with Gasteiger partial charge in [-0.05, 0) is 37.3 Å². The fraction of sp³-hybridized carbons (Fsp3) is 0.222. The number of rotatable bonds is 4. The van der Waals surface area contributed by atoms with Crippen LogP contribution in [0.25, 0.3) is 0 Å². The number of methoxy groups -OCH3 is 1. The predicted molar refractivity (Wildman–Crippen MR) is 101 cm³/mol. The van der Waals surface area contributed by atoms with Crippen molar-refractivity contribution < 1.29 is 22.7 Å². The summed E-state index contributed by atoms with van der Waals surface area (Å²) >= 11 is 0. The highest BCUT2D eigenvalue weighted by atomic mass is 32.2. The first-order valence-corrected chi connectivity index (χ1v) is 9.57. The van der Waals surface area contributed by atoms with Crippen molar-refractivity contribution in [2.75, 3.05) is 29.1 Å². The molecule has 1 heterocycles. The molecule has 3 rings (SSSR count). The van der Waals surface area contributed by atoms with E-state index in [0.29, 0.717) is 17.1 Å². The summed E-state index contributed by atoms with van der Waals surface area (Å²) in [6.45, 7) is 1.48. The van der Waals surface area contributed by atoms with Gasteiger partial charge < -0.3 is 15.4 Å². The Morgan fingerprint density at radius 1 is 1.00 bits per heavy atom. The lowest BCUT2D eigenvalue weighted by atomic mass is 10.1. The van der Waals surface area contributed by atoms with E-state index in [1.165, 1.54) is 39.3 Å². The summed E-state index contributed by atoms with van der Waals surface area (Å²) in [7, 11) is -1.05. The van der Waals surface area contributed by atoms with Crippen molar-refractivity contribution in [1.29, 1.82) is 0 Å². The van der Waals surface area contributed by atoms with E-state index in [0.717, 1.165) is 4.31 Å². The van der Waals surface area contributed by atoms with Crippen molar-refractivity contribution in [3.63, 3.8) is 0 Å². The molecule has 1 unspecified atom stereocenters. The number of benzene rings is 2. The van der Waals surface area contributed by atoms with E-state index in [9.17, 15) is 18.0 Å². The van der Waals surface area contributed by atoms with Gasteiger partial charge in [0.05, 0.1) is 29.1 Å². The molecule has 0 bridgehead atoms. The van der Waals surface area contributed by atoms with E-state index in [1.807, 2.05) is 0 Å². The van der Waals surface area contributed by atoms with Crippen LogP contribution >= 0.6 is 0 Å². The largest absolute Gasteiger partial charge is 0.495 e. The molecule has 142 valence electrons. The molecule has 27 heavy (non-hydrogen) atoms. The van der Waals surface area contributed by atoms with E-state index in [4.69, 9.17) is 4.74 Å². The number of carbonyl (C=O) groups excluding carboxylic acids is 2. The first-order valence-electron chi connectivity index (χ1n) is 8.13. The van der Waals surface area contributed by atoms with Gasteiger partial charge in [-0.3, -0.25) is 13.9 Å². The van der Waals surface area contributed by atoms with Crippen LogP contribution in [0.15, 0.2) is 47.4 Å². The molecule has 1 aliphatic rings. The second-order valence-electron chi connectivity index (χ2n) is 6.05. The number of ether oxygens (including phenoxy) is 1. The number of nitrogens with zero attached hydrogens (tertiary/aromatic N) is 1. The Bertz CT molecular complexity index is 1020. The molecule has 2 amide bonds. The molecular weight excluding hydrogens is 370 g/mol. The predicted octanol–water partition coefficient (Wildman–Crippen LogP) is 2.05. The summed E-state index contributed by atoms with van der Waals surface area (Å²) in [5, 5.41) is 5.20. The van der Waals surface area contributed by atoms with Crippen LogP contribution in [-0.2, 0) is 19.6 Å². The molecule has 0 fully saturated rings. The van der Waals surface area contributed by atoms with E-state index in [-0.39, 0.29) is 10.6 Å². The van der Waals surface area contributed by atoms with Gasteiger partial charge >= 0.3 is 0 Å². The molecule has 1 aliphatic heterocycles. The van der Waals surface area contributed by atoms with Crippen molar-refractivity contribution >= 4 is 38.9 Å². The number of para-hydroxylation sites is 2. The summed E-state index contributed by atoms with van der Waals surface area (Å²) in [5.74, 6) is -1.42. The normalized spacial score (nSPS) is 16.6. The highest BCUT2D eigenvalue weighted by molar-refractivity contribution is 7.92. The third-order valence-electron chi connectivity index (χ3n) is 4.38. The van der Waals surface area contributed by atoms with E-state index in [1.54, 1.807) is 24.3 Å². The standard InChI is InChI=1S/C18H19N3O5S/c1-11-17(22)19-13-9-8-12(10-14(13)20-18(11)23)27(24,25)21(2)15-6-4-5-7-16(15)26-3/h4-11H,1-3H3,(H,19,22)(H,20,23). The molecule has 2 N–H and O–H groups in total. The number of fused-ring (bicyclic) bond motifs is 1. The maximum atomic E-state index is 13.1. The highest BCUT2D eigenvalue weighted by Gasteiger charge is 2.29. The van der Waals surface area contributed by atoms with Gasteiger partial charge in [0.2, 0.25) is 11.8 Å². The zero-order valence-electron chi connectivity index (χ0n) is 15.0. The molecule has 9 heteroatoms. The summed E-state index contributed by atoms with van der Waals surface area (Å²) in [4.78, 5) is 23.9. The molecule has 0 aromatic heterocycles. The van der Waals surface area contributed by atoms with Crippen LogP contribution in [0.2, 0.25) is 0 Å². The van der Waals surface area contributed by atoms with Gasteiger partial charge in [0.15, 0.2) is 0 Å². The molecule has 0 aliphatic carbocycles. The van der Waals surface area contributed by atoms with Crippen LogP contribution in [0.4, 0.5) is 17.1 Å². The number of sulfonamides is 1. The van der Waals surface area contributed by atoms with Gasteiger partial charge in [0, 0.05) is 7.05 Å². The SMILES string of the molecule is COc1ccccc1N(C)S(=O)(=O)c1ccc2c(c1)NC(=O)C(C)C(=O)N2. The molecule has 0 saturated carbocycles. The van der Waals surface area contributed by atoms with E-state index in [2.05, 4.69) is 10.6 Å². The smallest absolute Gasteiger partial charge is 0.264 e. The lowest BCUT2D eigenvalue weighted by Gasteiger charge is -2.22. The number of carbonyl (C=O) groups is 2. The first-order chi connectivity index (χ1) is 12.8. The molecule has 1 atom stereocenters. The number of nitrogens with one attached hydrogen (secondary N) is 2. The Kier molecular flexibility index (Phi) is 4.79. The van der Waals surface area contributed by atoms with Crippen molar-refractivity contribution in [2.24, 2.45) is 5.92 Å². The summed E-state index contributed by atoms with van der Waals surface area (Å²) in [6, 6.07) is 10.9. The first kappa shape index (κ1) is 18.7. The number of hydrogen-bond acceptors (Lipinski definition) is 5. The van der Waals surface area contributed by atoms with Gasteiger partial charge in [-0.1, -0.05) is 12.1 Å². The highest BCUT2D eigenvalue weighted by Crippen LogP contribution is 2.34. The van der Waals surface area contributed by atoms with Crippen molar-refractivity contribution in [2.45, 2.75) is 11.8 Å². The number of hydrogen-bond donors (Lipinski definition) is 2. The Labute approximate surface area is 157 Å². The molecule has 0 saturated heterocycles. The maximum Gasteiger partial charge on any atom is 0.264 e. The third kappa shape index (κ3) is 3.33. The topological polar surface area (TPSA) is 105 Å². The van der Waals surface area contributed by atoms with Crippen LogP contribution in [0.1, 0.15) is 6.92 Å². The van der Waals surface area contributed by atoms with E-state index < -0.39 is 27.8 Å². The molecule has 0 spiro atoms. The minimum atomic E-state index is -3.93. The van der Waals surface area contributed by atoms with Crippen molar-refractivity contribution in [1.82, 2.24) is 0 Å². The summed E-state index contributed by atoms with van der Waals surface area (Å²) in [6.07, 6.45) is 0. The van der Waals surface area contributed by atoms with Gasteiger partial charge in [-0.2, -0.15) is 0 Å². The average molecular weight is 389 g/mol. The van der Waals surface area contributed by atoms with Crippen LogP contribution < -0.4 is 19.7 Å². The molecule has 2 aromatic carbocycles. The van der Waals surface area contributed by atoms with Gasteiger partial charge in [-0.15, -0.1) is 0 Å². The molecule has 0 radical (unpaired) electrons. The van der Waals surface area contributed by atoms with Crippen molar-refractivity contribution in [3.8, 4) is 5.75 Å². The molecule has 2 aromatic rings. The maximum absolute atomic E-state index is 13.1. The fourth-order valence-corrected chi connectivity index (χ4v) is 3.91. The zero-order valence-corrected chi connectivity index (χ0v) is 15.8. The second kappa shape index (κ2) is 6.92. The number of amides is 2. The minimum absolute atomic E-state index is 0.0289. The number of anilines is 3. The Balaban J connectivity index is 2.03. The quantitative estimate of drug-likeness (QED) is 0.779. The molecule has 8 nitrogen and oxygen atoms in total. The lowest BCUT2D eigenvalue weighted by molar-refractivity contribution is -0.128. The van der Waals surface area contributed by atoms with Gasteiger partial charge in [0.25, 0.3) is 10.0 Å². The van der Waals surface area contributed by atoms with Crippen molar-refractivity contribution in [3.05, 3.63) is 42.5 Å². The summed E-state index contributed by atoms with van der Waals surface area (Å²) < 4.78 is 32.4. The Morgan fingerprint density at radius 2 is 1.63 bits per heavy atom. The van der Waals surface area contributed by atoms with Crippen LogP contribution in [-0.4, -0.2) is 34.4 Å². The third-order valence-corrected chi connectivity index (χ3v) is 6.14. The Morgan fingerprint density at radius 3 is 2.30 bits per heavy atom.